The molecule has 0 spiro atoms. The Hall–Kier alpha value is -3.92. The van der Waals surface area contributed by atoms with Gasteiger partial charge in [-0.2, -0.15) is 0 Å². The number of sulfone groups is 1. The molecular weight excluding hydrogens is 568 g/mol. The maximum atomic E-state index is 13.9. The zero-order valence-corrected chi connectivity index (χ0v) is 25.8. The molecule has 1 amide bonds. The predicted molar refractivity (Wildman–Crippen MR) is 165 cm³/mol. The van der Waals surface area contributed by atoms with Crippen molar-refractivity contribution in [2.75, 3.05) is 33.6 Å². The smallest absolute Gasteiger partial charge is 0.295 e. The third-order valence-corrected chi connectivity index (χ3v) is 10.3. The van der Waals surface area contributed by atoms with Crippen molar-refractivity contribution in [1.82, 2.24) is 9.88 Å². The number of amides is 1. The molecule has 1 unspecified atom stereocenters. The Labute approximate surface area is 254 Å². The Morgan fingerprint density at radius 3 is 2.26 bits per heavy atom. The Morgan fingerprint density at radius 1 is 0.930 bits per heavy atom. The molecule has 1 aliphatic rings. The number of hydrogen-bond donors (Lipinski definition) is 0. The lowest BCUT2D eigenvalue weighted by atomic mass is 10.0. The van der Waals surface area contributed by atoms with Gasteiger partial charge in [-0.05, 0) is 74.3 Å². The van der Waals surface area contributed by atoms with Gasteiger partial charge in [-0.15, -0.1) is 0 Å². The first kappa shape index (κ1) is 32.0. The van der Waals surface area contributed by atoms with Gasteiger partial charge in [-0.25, -0.2) is 8.42 Å². The third-order valence-electron chi connectivity index (χ3n) is 8.00. The lowest BCUT2D eigenvalue weighted by Gasteiger charge is -2.26. The lowest BCUT2D eigenvalue weighted by Crippen LogP contribution is -2.44. The molecule has 2 aromatic carbocycles. The summed E-state index contributed by atoms with van der Waals surface area (Å²) in [5.74, 6) is -0.834. The molecule has 2 atom stereocenters. The summed E-state index contributed by atoms with van der Waals surface area (Å²) in [4.78, 5) is 32.4. The van der Waals surface area contributed by atoms with Crippen LogP contribution in [0.15, 0.2) is 67.0 Å². The number of carbonyl (C=O) groups excluding carboxylic acids is 2. The molecule has 10 heteroatoms. The topological polar surface area (TPSA) is 112 Å². The van der Waals surface area contributed by atoms with Gasteiger partial charge in [-0.1, -0.05) is 36.4 Å². The summed E-state index contributed by atoms with van der Waals surface area (Å²) in [6.45, 7) is 0.324. The average molecular weight is 609 g/mol. The van der Waals surface area contributed by atoms with E-state index in [1.807, 2.05) is 42.5 Å². The largest absolute Gasteiger partial charge is 0.493 e. The molecule has 1 aromatic heterocycles. The zero-order valence-electron chi connectivity index (χ0n) is 25.0. The van der Waals surface area contributed by atoms with Crippen LogP contribution >= 0.6 is 0 Å². The third kappa shape index (κ3) is 8.13. The SMILES string of the molecule is COc1cc(C(=O)C(=O)N2CCC[C@H]2CS(=O)(=O)C(CCCc2cccnc2)CCc2ccccc2)cc(OC)c1OC. The van der Waals surface area contributed by atoms with E-state index >= 15 is 0 Å². The first-order valence-electron chi connectivity index (χ1n) is 14.6. The first-order chi connectivity index (χ1) is 20.8. The van der Waals surface area contributed by atoms with Crippen LogP contribution in [0.25, 0.3) is 0 Å². The Kier molecular flexibility index (Phi) is 11.2. The standard InChI is InChI=1S/C33H40N2O7S/c1-40-29-20-26(21-30(41-2)32(29)42-3)31(36)33(37)35-19-9-14-27(35)23-43(38,39)28(17-16-24-10-5-4-6-11-24)15-7-12-25-13-8-18-34-22-25/h4-6,8,10-11,13,18,20-22,27-28H,7,9,12,14-17,19,23H2,1-3H3/t27-,28?/m0/s1. The van der Waals surface area contributed by atoms with E-state index in [-0.39, 0.29) is 22.8 Å². The second-order valence-corrected chi connectivity index (χ2v) is 13.1. The van der Waals surface area contributed by atoms with E-state index in [1.54, 1.807) is 12.4 Å². The summed E-state index contributed by atoms with van der Waals surface area (Å²) >= 11 is 0. The van der Waals surface area contributed by atoms with Gasteiger partial charge < -0.3 is 19.1 Å². The summed E-state index contributed by atoms with van der Waals surface area (Å²) in [6.07, 6.45) is 7.76. The minimum Gasteiger partial charge on any atom is -0.493 e. The van der Waals surface area contributed by atoms with Crippen LogP contribution in [-0.2, 0) is 27.5 Å². The molecule has 1 fully saturated rings. The van der Waals surface area contributed by atoms with E-state index in [0.717, 1.165) is 17.5 Å². The van der Waals surface area contributed by atoms with Gasteiger partial charge in [0, 0.05) is 30.5 Å². The number of aryl methyl sites for hydroxylation is 2. The van der Waals surface area contributed by atoms with Crippen molar-refractivity contribution >= 4 is 21.5 Å². The Morgan fingerprint density at radius 2 is 1.63 bits per heavy atom. The van der Waals surface area contributed by atoms with Crippen LogP contribution in [0.5, 0.6) is 17.2 Å². The minimum absolute atomic E-state index is 0.0872. The van der Waals surface area contributed by atoms with Crippen molar-refractivity contribution in [2.24, 2.45) is 0 Å². The number of benzene rings is 2. The highest BCUT2D eigenvalue weighted by molar-refractivity contribution is 7.92. The molecule has 0 radical (unpaired) electrons. The van der Waals surface area contributed by atoms with Crippen molar-refractivity contribution in [2.45, 2.75) is 56.2 Å². The van der Waals surface area contributed by atoms with Crippen LogP contribution in [0.2, 0.25) is 0 Å². The normalized spacial score (nSPS) is 15.6. The van der Waals surface area contributed by atoms with Crippen molar-refractivity contribution in [3.63, 3.8) is 0 Å². The maximum absolute atomic E-state index is 13.9. The molecule has 4 rings (SSSR count). The molecular formula is C33H40N2O7S. The summed E-state index contributed by atoms with van der Waals surface area (Å²) in [5, 5.41) is -0.562. The van der Waals surface area contributed by atoms with Crippen LogP contribution in [0.4, 0.5) is 0 Å². The number of pyridine rings is 1. The zero-order chi connectivity index (χ0) is 30.8. The fourth-order valence-corrected chi connectivity index (χ4v) is 7.86. The summed E-state index contributed by atoms with van der Waals surface area (Å²) < 4.78 is 43.8. The number of rotatable bonds is 15. The molecule has 0 saturated carbocycles. The van der Waals surface area contributed by atoms with Crippen molar-refractivity contribution in [1.29, 1.82) is 0 Å². The Balaban J connectivity index is 1.49. The van der Waals surface area contributed by atoms with E-state index in [9.17, 15) is 18.0 Å². The molecule has 0 bridgehead atoms. The number of likely N-dealkylation sites (tertiary alicyclic amines) is 1. The highest BCUT2D eigenvalue weighted by Gasteiger charge is 2.38. The van der Waals surface area contributed by atoms with Crippen LogP contribution < -0.4 is 14.2 Å². The molecule has 230 valence electrons. The number of nitrogens with zero attached hydrogens (tertiary/aromatic N) is 2. The van der Waals surface area contributed by atoms with E-state index in [0.29, 0.717) is 50.8 Å². The average Bonchev–Trinajstić information content (AvgIpc) is 3.49. The fourth-order valence-electron chi connectivity index (χ4n) is 5.70. The molecule has 3 aromatic rings. The first-order valence-corrected chi connectivity index (χ1v) is 16.3. The maximum Gasteiger partial charge on any atom is 0.295 e. The molecule has 43 heavy (non-hydrogen) atoms. The predicted octanol–water partition coefficient (Wildman–Crippen LogP) is 4.72. The molecule has 2 heterocycles. The highest BCUT2D eigenvalue weighted by atomic mass is 32.2. The number of methoxy groups -OCH3 is 3. The van der Waals surface area contributed by atoms with E-state index in [2.05, 4.69) is 4.98 Å². The van der Waals surface area contributed by atoms with Crippen molar-refractivity contribution in [3.05, 3.63) is 83.7 Å². The van der Waals surface area contributed by atoms with Crippen molar-refractivity contribution in [3.8, 4) is 17.2 Å². The van der Waals surface area contributed by atoms with Gasteiger partial charge in [0.2, 0.25) is 5.75 Å². The number of hydrogen-bond acceptors (Lipinski definition) is 8. The summed E-state index contributed by atoms with van der Waals surface area (Å²) in [5.41, 5.74) is 2.24. The molecule has 9 nitrogen and oxygen atoms in total. The minimum atomic E-state index is -3.59. The lowest BCUT2D eigenvalue weighted by molar-refractivity contribution is -0.126. The van der Waals surface area contributed by atoms with E-state index in [4.69, 9.17) is 14.2 Å². The number of Topliss-reactive ketones (excluding diaryl/α,β-unsaturated/α-hetero) is 1. The molecule has 1 aliphatic heterocycles. The van der Waals surface area contributed by atoms with Gasteiger partial charge in [0.15, 0.2) is 21.3 Å². The van der Waals surface area contributed by atoms with Crippen LogP contribution in [0.3, 0.4) is 0 Å². The second kappa shape index (κ2) is 15.0. The fraction of sp³-hybridized carbons (Fsp3) is 0.424. The molecule has 0 aliphatic carbocycles. The van der Waals surface area contributed by atoms with Gasteiger partial charge in [-0.3, -0.25) is 14.6 Å². The van der Waals surface area contributed by atoms with Crippen LogP contribution in [-0.4, -0.2) is 74.9 Å². The number of ether oxygens (including phenoxy) is 3. The van der Waals surface area contributed by atoms with Gasteiger partial charge in [0.1, 0.15) is 0 Å². The van der Waals surface area contributed by atoms with Gasteiger partial charge in [0.25, 0.3) is 11.7 Å². The molecule has 1 saturated heterocycles. The van der Waals surface area contributed by atoms with Crippen molar-refractivity contribution < 1.29 is 32.2 Å². The van der Waals surface area contributed by atoms with Gasteiger partial charge >= 0.3 is 0 Å². The number of ketones is 1. The second-order valence-electron chi connectivity index (χ2n) is 10.8. The van der Waals surface area contributed by atoms with Crippen LogP contribution in [0.1, 0.15) is 53.6 Å². The molecule has 0 N–H and O–H groups in total. The van der Waals surface area contributed by atoms with Crippen LogP contribution in [0, 0.1) is 0 Å². The van der Waals surface area contributed by atoms with Gasteiger partial charge in [0.05, 0.1) is 32.3 Å². The highest BCUT2D eigenvalue weighted by Crippen LogP contribution is 2.38. The number of carbonyl (C=O) groups is 2. The quantitative estimate of drug-likeness (QED) is 0.180. The Bertz CT molecular complexity index is 1450. The summed E-state index contributed by atoms with van der Waals surface area (Å²) in [6, 6.07) is 16.0. The summed E-state index contributed by atoms with van der Waals surface area (Å²) in [7, 11) is 0.718. The number of aromatic nitrogens is 1. The monoisotopic (exact) mass is 608 g/mol. The van der Waals surface area contributed by atoms with E-state index < -0.39 is 32.8 Å². The van der Waals surface area contributed by atoms with E-state index in [1.165, 1.54) is 38.4 Å².